The van der Waals surface area contributed by atoms with Crippen molar-refractivity contribution in [3.8, 4) is 5.75 Å². The van der Waals surface area contributed by atoms with Crippen LogP contribution in [-0.2, 0) is 12.0 Å². The number of aromatic carboxylic acids is 1. The maximum Gasteiger partial charge on any atom is 0.335 e. The minimum absolute atomic E-state index is 0.0101. The Morgan fingerprint density at radius 2 is 1.73 bits per heavy atom. The van der Waals surface area contributed by atoms with Crippen LogP contribution in [0.4, 0.5) is 0 Å². The van der Waals surface area contributed by atoms with Crippen LogP contribution >= 0.6 is 0 Å². The van der Waals surface area contributed by atoms with E-state index in [-0.39, 0.29) is 11.0 Å². The van der Waals surface area contributed by atoms with E-state index in [1.165, 1.54) is 5.56 Å². The van der Waals surface area contributed by atoms with E-state index >= 15 is 0 Å². The molecule has 2 aromatic rings. The summed E-state index contributed by atoms with van der Waals surface area (Å²) >= 11 is 0. The highest BCUT2D eigenvalue weighted by Gasteiger charge is 2.19. The van der Waals surface area contributed by atoms with E-state index in [1.807, 2.05) is 13.0 Å². The number of ether oxygens (including phenoxy) is 1. The quantitative estimate of drug-likeness (QED) is 0.899. The highest BCUT2D eigenvalue weighted by Crippen LogP contribution is 2.32. The van der Waals surface area contributed by atoms with Gasteiger partial charge in [0, 0.05) is 0 Å². The van der Waals surface area contributed by atoms with Crippen molar-refractivity contribution in [3.63, 3.8) is 0 Å². The van der Waals surface area contributed by atoms with Gasteiger partial charge < -0.3 is 9.84 Å². The van der Waals surface area contributed by atoms with Crippen LogP contribution in [0, 0.1) is 6.92 Å². The number of hydrogen-bond acceptors (Lipinski definition) is 2. The van der Waals surface area contributed by atoms with Gasteiger partial charge in [0.15, 0.2) is 0 Å². The molecule has 0 radical (unpaired) electrons. The van der Waals surface area contributed by atoms with E-state index in [1.54, 1.807) is 24.3 Å². The van der Waals surface area contributed by atoms with Gasteiger partial charge >= 0.3 is 5.97 Å². The first-order chi connectivity index (χ1) is 10.3. The number of rotatable bonds is 4. The second-order valence-corrected chi connectivity index (χ2v) is 6.54. The predicted molar refractivity (Wildman–Crippen MR) is 87.6 cm³/mol. The first-order valence-corrected chi connectivity index (χ1v) is 7.33. The molecule has 0 aliphatic heterocycles. The summed E-state index contributed by atoms with van der Waals surface area (Å²) in [6.07, 6.45) is 0. The summed E-state index contributed by atoms with van der Waals surface area (Å²) in [7, 11) is 0. The van der Waals surface area contributed by atoms with Crippen molar-refractivity contribution in [1.29, 1.82) is 0 Å². The lowest BCUT2D eigenvalue weighted by Crippen LogP contribution is -2.13. The molecule has 1 N–H and O–H groups in total. The zero-order valence-corrected chi connectivity index (χ0v) is 13.5. The second-order valence-electron chi connectivity index (χ2n) is 6.54. The Kier molecular flexibility index (Phi) is 4.55. The third-order valence-corrected chi connectivity index (χ3v) is 3.54. The average Bonchev–Trinajstić information content (AvgIpc) is 2.44. The van der Waals surface area contributed by atoms with Gasteiger partial charge in [0.1, 0.15) is 12.4 Å². The molecule has 0 atom stereocenters. The molecule has 3 heteroatoms. The fourth-order valence-corrected chi connectivity index (χ4v) is 2.27. The van der Waals surface area contributed by atoms with Gasteiger partial charge in [-0.05, 0) is 47.2 Å². The van der Waals surface area contributed by atoms with Crippen LogP contribution < -0.4 is 4.74 Å². The van der Waals surface area contributed by atoms with Crippen LogP contribution in [-0.4, -0.2) is 11.1 Å². The molecule has 22 heavy (non-hydrogen) atoms. The molecule has 116 valence electrons. The van der Waals surface area contributed by atoms with Gasteiger partial charge in [-0.2, -0.15) is 0 Å². The Morgan fingerprint density at radius 3 is 2.27 bits per heavy atom. The van der Waals surface area contributed by atoms with Crippen molar-refractivity contribution < 1.29 is 14.6 Å². The molecule has 0 bridgehead atoms. The summed E-state index contributed by atoms with van der Waals surface area (Å²) in [5.74, 6) is -0.0315. The number of aryl methyl sites for hydroxylation is 1. The topological polar surface area (TPSA) is 46.5 Å². The van der Waals surface area contributed by atoms with Crippen LogP contribution in [0.25, 0.3) is 0 Å². The highest BCUT2D eigenvalue weighted by atomic mass is 16.5. The van der Waals surface area contributed by atoms with Crippen molar-refractivity contribution in [2.45, 2.75) is 39.7 Å². The van der Waals surface area contributed by atoms with Crippen molar-refractivity contribution in [1.82, 2.24) is 0 Å². The minimum Gasteiger partial charge on any atom is -0.489 e. The molecule has 0 aliphatic carbocycles. The summed E-state index contributed by atoms with van der Waals surface area (Å²) < 4.78 is 5.98. The minimum atomic E-state index is -0.916. The maximum absolute atomic E-state index is 10.9. The molecule has 0 aliphatic rings. The molecule has 0 heterocycles. The molecule has 0 aromatic heterocycles. The van der Waals surface area contributed by atoms with E-state index in [9.17, 15) is 4.79 Å². The van der Waals surface area contributed by atoms with Crippen molar-refractivity contribution >= 4 is 5.97 Å². The largest absolute Gasteiger partial charge is 0.489 e. The Bertz CT molecular complexity index is 664. The van der Waals surface area contributed by atoms with E-state index < -0.39 is 5.97 Å². The second kappa shape index (κ2) is 6.22. The molecular formula is C19H22O3. The van der Waals surface area contributed by atoms with Gasteiger partial charge in [-0.3, -0.25) is 0 Å². The molecule has 0 saturated heterocycles. The van der Waals surface area contributed by atoms with Gasteiger partial charge in [0.05, 0.1) is 5.56 Å². The van der Waals surface area contributed by atoms with Crippen LogP contribution in [0.15, 0.2) is 42.5 Å². The third-order valence-electron chi connectivity index (χ3n) is 3.54. The van der Waals surface area contributed by atoms with Crippen LogP contribution in [0.3, 0.4) is 0 Å². The van der Waals surface area contributed by atoms with Gasteiger partial charge in [-0.15, -0.1) is 0 Å². The van der Waals surface area contributed by atoms with Crippen molar-refractivity contribution in [2.24, 2.45) is 0 Å². The van der Waals surface area contributed by atoms with Crippen LogP contribution in [0.2, 0.25) is 0 Å². The Labute approximate surface area is 131 Å². The zero-order chi connectivity index (χ0) is 16.3. The lowest BCUT2D eigenvalue weighted by Gasteiger charge is -2.23. The van der Waals surface area contributed by atoms with Crippen molar-refractivity contribution in [3.05, 3.63) is 64.7 Å². The van der Waals surface area contributed by atoms with Gasteiger partial charge in [-0.1, -0.05) is 45.0 Å². The number of benzene rings is 2. The number of carboxylic acid groups (broad SMARTS) is 1. The predicted octanol–water partition coefficient (Wildman–Crippen LogP) is 4.57. The molecule has 3 nitrogen and oxygen atoms in total. The maximum atomic E-state index is 10.9. The monoisotopic (exact) mass is 298 g/mol. The average molecular weight is 298 g/mol. The third kappa shape index (κ3) is 3.88. The Hall–Kier alpha value is -2.29. The summed E-state index contributed by atoms with van der Waals surface area (Å²) in [4.78, 5) is 10.9. The summed E-state index contributed by atoms with van der Waals surface area (Å²) in [6.45, 7) is 8.94. The fourth-order valence-electron chi connectivity index (χ4n) is 2.27. The number of carbonyl (C=O) groups is 1. The molecule has 2 rings (SSSR count). The molecular weight excluding hydrogens is 276 g/mol. The first-order valence-electron chi connectivity index (χ1n) is 7.33. The highest BCUT2D eigenvalue weighted by molar-refractivity contribution is 5.87. The zero-order valence-electron chi connectivity index (χ0n) is 13.5. The summed E-state index contributed by atoms with van der Waals surface area (Å²) in [6, 6.07) is 13.0. The van der Waals surface area contributed by atoms with Crippen molar-refractivity contribution in [2.75, 3.05) is 0 Å². The number of carboxylic acids is 1. The smallest absolute Gasteiger partial charge is 0.335 e. The normalized spacial score (nSPS) is 11.3. The Morgan fingerprint density at radius 1 is 1.09 bits per heavy atom. The Balaban J connectivity index is 2.17. The summed E-state index contributed by atoms with van der Waals surface area (Å²) in [5, 5.41) is 8.91. The van der Waals surface area contributed by atoms with E-state index in [0.29, 0.717) is 6.61 Å². The molecule has 0 saturated carbocycles. The lowest BCUT2D eigenvalue weighted by molar-refractivity contribution is 0.0697. The van der Waals surface area contributed by atoms with Gasteiger partial charge in [0.2, 0.25) is 0 Å². The van der Waals surface area contributed by atoms with Gasteiger partial charge in [-0.25, -0.2) is 4.79 Å². The standard InChI is InChI=1S/C19H22O3/c1-13-5-10-16(19(2,3)4)17(11-13)22-12-14-6-8-15(9-7-14)18(20)21/h5-11H,12H2,1-4H3,(H,20,21). The molecule has 0 fully saturated rings. The molecule has 0 unspecified atom stereocenters. The fraction of sp³-hybridized carbons (Fsp3) is 0.316. The van der Waals surface area contributed by atoms with Crippen LogP contribution in [0.5, 0.6) is 5.75 Å². The lowest BCUT2D eigenvalue weighted by atomic mass is 9.86. The summed E-state index contributed by atoms with van der Waals surface area (Å²) in [5.41, 5.74) is 3.57. The molecule has 0 amide bonds. The molecule has 0 spiro atoms. The van der Waals surface area contributed by atoms with Crippen LogP contribution in [0.1, 0.15) is 47.8 Å². The van der Waals surface area contributed by atoms with Gasteiger partial charge in [0.25, 0.3) is 0 Å². The van der Waals surface area contributed by atoms with E-state index in [0.717, 1.165) is 16.9 Å². The SMILES string of the molecule is Cc1ccc(C(C)(C)C)c(OCc2ccc(C(=O)O)cc2)c1. The number of hydrogen-bond donors (Lipinski definition) is 1. The van der Waals surface area contributed by atoms with E-state index in [2.05, 4.69) is 32.9 Å². The first kappa shape index (κ1) is 16.1. The van der Waals surface area contributed by atoms with E-state index in [4.69, 9.17) is 9.84 Å². The molecule has 2 aromatic carbocycles.